The molecule has 0 rings (SSSR count). The van der Waals surface area contributed by atoms with Crippen LogP contribution in [-0.4, -0.2) is 0 Å². The molecule has 0 N–H and O–H groups in total. The lowest BCUT2D eigenvalue weighted by Crippen LogP contribution is -2.08. The minimum Gasteiger partial charge on any atom is -0.197 e. The number of rotatable bonds is 3. The van der Waals surface area contributed by atoms with Crippen LogP contribution in [-0.2, 0) is 0 Å². The highest BCUT2D eigenvalue weighted by Crippen LogP contribution is 2.17. The van der Waals surface area contributed by atoms with Crippen molar-refractivity contribution in [3.8, 4) is 12.1 Å². The molecule has 0 atom stereocenters. The third-order valence-electron chi connectivity index (χ3n) is 1.80. The van der Waals surface area contributed by atoms with Gasteiger partial charge in [-0.3, -0.25) is 0 Å². The van der Waals surface area contributed by atoms with Crippen molar-refractivity contribution in [2.75, 3.05) is 0 Å². The van der Waals surface area contributed by atoms with Gasteiger partial charge in [-0.15, -0.1) is 0 Å². The van der Waals surface area contributed by atoms with E-state index < -0.39 is 5.92 Å². The fraction of sp³-hybridized carbons (Fsp3) is 0.750. The average Bonchev–Trinajstić information content (AvgIpc) is 2.00. The molecule has 0 fully saturated rings. The first-order valence-electron chi connectivity index (χ1n) is 3.59. The molecule has 0 heterocycles. The molecule has 2 heteroatoms. The zero-order valence-electron chi connectivity index (χ0n) is 6.46. The molecule has 0 aromatic heterocycles. The Morgan fingerprint density at radius 2 is 1.50 bits per heavy atom. The molecule has 0 radical (unpaired) electrons. The number of hydrogen-bond acceptors (Lipinski definition) is 2. The SMILES string of the molecule is CCC(CC)C(C#N)C#N. The van der Waals surface area contributed by atoms with Crippen LogP contribution in [0.1, 0.15) is 26.7 Å². The summed E-state index contributed by atoms with van der Waals surface area (Å²) >= 11 is 0. The van der Waals surface area contributed by atoms with Crippen molar-refractivity contribution >= 4 is 0 Å². The van der Waals surface area contributed by atoms with Crippen molar-refractivity contribution in [1.82, 2.24) is 0 Å². The van der Waals surface area contributed by atoms with E-state index in [4.69, 9.17) is 10.5 Å². The minimum absolute atomic E-state index is 0.259. The summed E-state index contributed by atoms with van der Waals surface area (Å²) in [6.45, 7) is 4.02. The van der Waals surface area contributed by atoms with Crippen molar-refractivity contribution < 1.29 is 0 Å². The second kappa shape index (κ2) is 4.82. The highest BCUT2D eigenvalue weighted by atomic mass is 14.3. The quantitative estimate of drug-likeness (QED) is 0.596. The van der Waals surface area contributed by atoms with Crippen molar-refractivity contribution in [1.29, 1.82) is 10.5 Å². The standard InChI is InChI=1S/C8H12N2/c1-3-7(4-2)8(5-9)6-10/h7-8H,3-4H2,1-2H3. The van der Waals surface area contributed by atoms with Crippen LogP contribution < -0.4 is 0 Å². The Bertz CT molecular complexity index is 143. The Kier molecular flexibility index (Phi) is 4.33. The molecular formula is C8H12N2. The van der Waals surface area contributed by atoms with E-state index in [1.807, 2.05) is 26.0 Å². The maximum atomic E-state index is 8.49. The first-order chi connectivity index (χ1) is 4.79. The molecule has 0 amide bonds. The van der Waals surface area contributed by atoms with Crippen molar-refractivity contribution in [2.45, 2.75) is 26.7 Å². The molecular weight excluding hydrogens is 124 g/mol. The lowest BCUT2D eigenvalue weighted by molar-refractivity contribution is 0.439. The molecule has 54 valence electrons. The van der Waals surface area contributed by atoms with Crippen LogP contribution in [0.3, 0.4) is 0 Å². The van der Waals surface area contributed by atoms with Gasteiger partial charge in [0.1, 0.15) is 5.92 Å². The van der Waals surface area contributed by atoms with E-state index >= 15 is 0 Å². The fourth-order valence-electron chi connectivity index (χ4n) is 1.000. The van der Waals surface area contributed by atoms with E-state index in [0.29, 0.717) is 0 Å². The second-order valence-corrected chi connectivity index (χ2v) is 2.31. The summed E-state index contributed by atoms with van der Waals surface area (Å²) in [5.74, 6) is -0.148. The van der Waals surface area contributed by atoms with Gasteiger partial charge >= 0.3 is 0 Å². The van der Waals surface area contributed by atoms with Crippen LogP contribution in [0.4, 0.5) is 0 Å². The highest BCUT2D eigenvalue weighted by molar-refractivity contribution is 5.01. The summed E-state index contributed by atoms with van der Waals surface area (Å²) in [6.07, 6.45) is 1.84. The molecule has 0 bridgehead atoms. The van der Waals surface area contributed by atoms with Gasteiger partial charge in [-0.25, -0.2) is 0 Å². The zero-order chi connectivity index (χ0) is 7.98. The highest BCUT2D eigenvalue weighted by Gasteiger charge is 2.16. The van der Waals surface area contributed by atoms with Gasteiger partial charge in [0.05, 0.1) is 12.1 Å². The van der Waals surface area contributed by atoms with Gasteiger partial charge in [-0.2, -0.15) is 10.5 Å². The average molecular weight is 136 g/mol. The maximum Gasteiger partial charge on any atom is 0.136 e. The third-order valence-corrected chi connectivity index (χ3v) is 1.80. The molecule has 0 saturated heterocycles. The smallest absolute Gasteiger partial charge is 0.136 e. The Labute approximate surface area is 62.1 Å². The van der Waals surface area contributed by atoms with Gasteiger partial charge < -0.3 is 0 Å². The van der Waals surface area contributed by atoms with E-state index in [0.717, 1.165) is 12.8 Å². The number of nitrogens with zero attached hydrogens (tertiary/aromatic N) is 2. The molecule has 0 spiro atoms. The minimum atomic E-state index is -0.407. The Balaban J connectivity index is 4.02. The van der Waals surface area contributed by atoms with Crippen LogP contribution in [0.2, 0.25) is 0 Å². The Morgan fingerprint density at radius 3 is 1.60 bits per heavy atom. The van der Waals surface area contributed by atoms with Crippen LogP contribution in [0.25, 0.3) is 0 Å². The van der Waals surface area contributed by atoms with Crippen LogP contribution in [0.15, 0.2) is 0 Å². The third kappa shape index (κ3) is 2.07. The predicted octanol–water partition coefficient (Wildman–Crippen LogP) is 2.09. The maximum absolute atomic E-state index is 8.49. The van der Waals surface area contributed by atoms with Gasteiger partial charge in [-0.05, 0) is 5.92 Å². The van der Waals surface area contributed by atoms with Crippen molar-refractivity contribution in [2.24, 2.45) is 11.8 Å². The fourth-order valence-corrected chi connectivity index (χ4v) is 1.000. The summed E-state index contributed by atoms with van der Waals surface area (Å²) in [7, 11) is 0. The first kappa shape index (κ1) is 8.98. The molecule has 0 aliphatic rings. The molecule has 2 nitrogen and oxygen atoms in total. The van der Waals surface area contributed by atoms with E-state index in [2.05, 4.69) is 0 Å². The van der Waals surface area contributed by atoms with Gasteiger partial charge in [0.25, 0.3) is 0 Å². The van der Waals surface area contributed by atoms with E-state index in [-0.39, 0.29) is 5.92 Å². The Morgan fingerprint density at radius 1 is 1.10 bits per heavy atom. The molecule has 0 unspecified atom stereocenters. The van der Waals surface area contributed by atoms with E-state index in [9.17, 15) is 0 Å². The summed E-state index contributed by atoms with van der Waals surface area (Å²) < 4.78 is 0. The second-order valence-electron chi connectivity index (χ2n) is 2.31. The van der Waals surface area contributed by atoms with Crippen LogP contribution in [0, 0.1) is 34.5 Å². The number of nitriles is 2. The molecule has 0 aromatic carbocycles. The lowest BCUT2D eigenvalue weighted by Gasteiger charge is -2.10. The van der Waals surface area contributed by atoms with Gasteiger partial charge in [-0.1, -0.05) is 26.7 Å². The summed E-state index contributed by atoms with van der Waals surface area (Å²) in [6, 6.07) is 3.99. The monoisotopic (exact) mass is 136 g/mol. The number of hydrogen-bond donors (Lipinski definition) is 0. The largest absolute Gasteiger partial charge is 0.197 e. The zero-order valence-corrected chi connectivity index (χ0v) is 6.46. The predicted molar refractivity (Wildman–Crippen MR) is 38.8 cm³/mol. The normalized spacial score (nSPS) is 9.40. The first-order valence-corrected chi connectivity index (χ1v) is 3.59. The Hall–Kier alpha value is -1.02. The van der Waals surface area contributed by atoms with Gasteiger partial charge in [0.15, 0.2) is 0 Å². The van der Waals surface area contributed by atoms with Crippen LogP contribution in [0.5, 0.6) is 0 Å². The van der Waals surface area contributed by atoms with Crippen LogP contribution >= 0.6 is 0 Å². The summed E-state index contributed by atoms with van der Waals surface area (Å²) in [5, 5.41) is 17.0. The van der Waals surface area contributed by atoms with Gasteiger partial charge in [0.2, 0.25) is 0 Å². The van der Waals surface area contributed by atoms with E-state index in [1.54, 1.807) is 0 Å². The summed E-state index contributed by atoms with van der Waals surface area (Å²) in [4.78, 5) is 0. The van der Waals surface area contributed by atoms with Gasteiger partial charge in [0, 0.05) is 0 Å². The molecule has 10 heavy (non-hydrogen) atoms. The lowest BCUT2D eigenvalue weighted by atomic mass is 9.90. The summed E-state index contributed by atoms with van der Waals surface area (Å²) in [5.41, 5.74) is 0. The molecule has 0 aliphatic carbocycles. The van der Waals surface area contributed by atoms with Crippen molar-refractivity contribution in [3.05, 3.63) is 0 Å². The molecule has 0 saturated carbocycles. The van der Waals surface area contributed by atoms with Crippen molar-refractivity contribution in [3.63, 3.8) is 0 Å². The van der Waals surface area contributed by atoms with E-state index in [1.165, 1.54) is 0 Å². The topological polar surface area (TPSA) is 47.6 Å². The molecule has 0 aromatic rings. The molecule has 0 aliphatic heterocycles.